The number of rotatable bonds is 8. The van der Waals surface area contributed by atoms with Crippen LogP contribution in [-0.4, -0.2) is 16.3 Å². The van der Waals surface area contributed by atoms with E-state index in [1.165, 1.54) is 17.7 Å². The summed E-state index contributed by atoms with van der Waals surface area (Å²) >= 11 is 0. The fraction of sp³-hybridized carbons (Fsp3) is 0.800. The zero-order valence-electron chi connectivity index (χ0n) is 12.7. The zero-order valence-corrected chi connectivity index (χ0v) is 12.7. The molecule has 1 heterocycles. The number of nitrogens with zero attached hydrogens (tertiary/aromatic N) is 2. The monoisotopic (exact) mass is 251 g/mol. The minimum atomic E-state index is 0.650. The molecule has 0 spiro atoms. The van der Waals surface area contributed by atoms with Gasteiger partial charge in [0.15, 0.2) is 0 Å². The summed E-state index contributed by atoms with van der Waals surface area (Å²) in [6.07, 6.45) is 4.35. The van der Waals surface area contributed by atoms with E-state index in [4.69, 9.17) is 0 Å². The van der Waals surface area contributed by atoms with Gasteiger partial charge in [0.05, 0.1) is 6.20 Å². The van der Waals surface area contributed by atoms with E-state index in [0.717, 1.165) is 26.1 Å². The van der Waals surface area contributed by atoms with Crippen LogP contribution in [-0.2, 0) is 19.5 Å². The lowest BCUT2D eigenvalue weighted by Gasteiger charge is -2.12. The van der Waals surface area contributed by atoms with E-state index in [1.807, 2.05) is 6.20 Å². The van der Waals surface area contributed by atoms with E-state index in [1.54, 1.807) is 0 Å². The minimum Gasteiger partial charge on any atom is -0.312 e. The van der Waals surface area contributed by atoms with Gasteiger partial charge in [-0.1, -0.05) is 41.0 Å². The molecule has 0 fully saturated rings. The summed E-state index contributed by atoms with van der Waals surface area (Å²) in [6, 6.07) is 0. The molecule has 0 radical (unpaired) electrons. The molecule has 1 aromatic heterocycles. The largest absolute Gasteiger partial charge is 0.312 e. The fourth-order valence-corrected chi connectivity index (χ4v) is 2.12. The topological polar surface area (TPSA) is 29.9 Å². The Bertz CT molecular complexity index is 340. The van der Waals surface area contributed by atoms with Gasteiger partial charge in [-0.25, -0.2) is 0 Å². The number of nitrogens with one attached hydrogen (secondary N) is 1. The summed E-state index contributed by atoms with van der Waals surface area (Å²) in [5.74, 6) is 1.35. The van der Waals surface area contributed by atoms with Crippen LogP contribution in [0.25, 0.3) is 0 Å². The molecule has 3 heteroatoms. The van der Waals surface area contributed by atoms with Crippen molar-refractivity contribution < 1.29 is 0 Å². The molecule has 1 rings (SSSR count). The Labute approximate surface area is 112 Å². The zero-order chi connectivity index (χ0) is 13.5. The molecule has 0 aliphatic rings. The average molecular weight is 251 g/mol. The van der Waals surface area contributed by atoms with E-state index >= 15 is 0 Å². The van der Waals surface area contributed by atoms with Crippen molar-refractivity contribution in [3.05, 3.63) is 17.5 Å². The summed E-state index contributed by atoms with van der Waals surface area (Å²) < 4.78 is 2.19. The van der Waals surface area contributed by atoms with Crippen molar-refractivity contribution in [1.82, 2.24) is 15.1 Å². The molecular weight excluding hydrogens is 222 g/mol. The van der Waals surface area contributed by atoms with Gasteiger partial charge in [0.1, 0.15) is 0 Å². The van der Waals surface area contributed by atoms with Gasteiger partial charge in [-0.05, 0) is 24.8 Å². The smallest absolute Gasteiger partial charge is 0.0537 e. The highest BCUT2D eigenvalue weighted by atomic mass is 15.3. The van der Waals surface area contributed by atoms with Gasteiger partial charge in [0.2, 0.25) is 0 Å². The van der Waals surface area contributed by atoms with E-state index in [9.17, 15) is 0 Å². The number of aromatic nitrogens is 2. The van der Waals surface area contributed by atoms with Crippen LogP contribution in [0.4, 0.5) is 0 Å². The predicted molar refractivity (Wildman–Crippen MR) is 77.6 cm³/mol. The van der Waals surface area contributed by atoms with Crippen LogP contribution >= 0.6 is 0 Å². The molecule has 0 saturated carbocycles. The lowest BCUT2D eigenvalue weighted by Crippen LogP contribution is -2.20. The maximum atomic E-state index is 4.55. The third-order valence-electron chi connectivity index (χ3n) is 2.93. The summed E-state index contributed by atoms with van der Waals surface area (Å²) in [5.41, 5.74) is 2.79. The molecule has 0 saturated heterocycles. The molecular formula is C15H29N3. The van der Waals surface area contributed by atoms with Crippen LogP contribution < -0.4 is 5.32 Å². The second kappa shape index (κ2) is 7.57. The molecule has 0 atom stereocenters. The normalized spacial score (nSPS) is 11.7. The molecule has 0 unspecified atom stereocenters. The first-order chi connectivity index (χ1) is 8.54. The quantitative estimate of drug-likeness (QED) is 0.768. The van der Waals surface area contributed by atoms with Crippen molar-refractivity contribution in [3.8, 4) is 0 Å². The molecule has 3 nitrogen and oxygen atoms in total. The predicted octanol–water partition coefficient (Wildman–Crippen LogP) is 3.24. The Morgan fingerprint density at radius 1 is 1.22 bits per heavy atom. The van der Waals surface area contributed by atoms with Crippen molar-refractivity contribution in [2.24, 2.45) is 11.8 Å². The third-order valence-corrected chi connectivity index (χ3v) is 2.93. The Morgan fingerprint density at radius 2 is 1.94 bits per heavy atom. The minimum absolute atomic E-state index is 0.650. The molecule has 1 N–H and O–H groups in total. The van der Waals surface area contributed by atoms with Crippen LogP contribution in [0.1, 0.15) is 52.3 Å². The Kier molecular flexibility index (Phi) is 6.41. The van der Waals surface area contributed by atoms with E-state index < -0.39 is 0 Å². The lowest BCUT2D eigenvalue weighted by atomic mass is 10.1. The van der Waals surface area contributed by atoms with Crippen molar-refractivity contribution >= 4 is 0 Å². The van der Waals surface area contributed by atoms with Gasteiger partial charge in [0, 0.05) is 24.3 Å². The summed E-state index contributed by atoms with van der Waals surface area (Å²) in [5, 5.41) is 8.06. The van der Waals surface area contributed by atoms with Gasteiger partial charge in [-0.3, -0.25) is 4.68 Å². The SMILES string of the molecule is CCCc1c(CNCC(C)C)cnn1CC(C)C. The van der Waals surface area contributed by atoms with Crippen molar-refractivity contribution in [1.29, 1.82) is 0 Å². The van der Waals surface area contributed by atoms with Gasteiger partial charge < -0.3 is 5.32 Å². The van der Waals surface area contributed by atoms with Crippen molar-refractivity contribution in [3.63, 3.8) is 0 Å². The van der Waals surface area contributed by atoms with Crippen LogP contribution in [0.2, 0.25) is 0 Å². The Balaban J connectivity index is 2.68. The molecule has 18 heavy (non-hydrogen) atoms. The van der Waals surface area contributed by atoms with Crippen LogP contribution in [0.15, 0.2) is 6.20 Å². The molecule has 0 aromatic carbocycles. The lowest BCUT2D eigenvalue weighted by molar-refractivity contribution is 0.466. The Morgan fingerprint density at radius 3 is 2.50 bits per heavy atom. The van der Waals surface area contributed by atoms with E-state index in [2.05, 4.69) is 49.7 Å². The first-order valence-corrected chi connectivity index (χ1v) is 7.28. The maximum Gasteiger partial charge on any atom is 0.0537 e. The van der Waals surface area contributed by atoms with Crippen LogP contribution in [0.5, 0.6) is 0 Å². The molecule has 0 aliphatic carbocycles. The fourth-order valence-electron chi connectivity index (χ4n) is 2.12. The molecule has 0 aliphatic heterocycles. The van der Waals surface area contributed by atoms with Gasteiger partial charge in [0.25, 0.3) is 0 Å². The van der Waals surface area contributed by atoms with Crippen molar-refractivity contribution in [2.75, 3.05) is 6.54 Å². The highest BCUT2D eigenvalue weighted by Gasteiger charge is 2.10. The summed E-state index contributed by atoms with van der Waals surface area (Å²) in [7, 11) is 0. The first-order valence-electron chi connectivity index (χ1n) is 7.28. The highest BCUT2D eigenvalue weighted by Crippen LogP contribution is 2.13. The summed E-state index contributed by atoms with van der Waals surface area (Å²) in [6.45, 7) is 14.2. The molecule has 0 bridgehead atoms. The Hall–Kier alpha value is -0.830. The third kappa shape index (κ3) is 4.81. The number of hydrogen-bond donors (Lipinski definition) is 1. The van der Waals surface area contributed by atoms with E-state index in [-0.39, 0.29) is 0 Å². The van der Waals surface area contributed by atoms with E-state index in [0.29, 0.717) is 11.8 Å². The number of hydrogen-bond acceptors (Lipinski definition) is 2. The molecule has 104 valence electrons. The average Bonchev–Trinajstić information content (AvgIpc) is 2.61. The second-order valence-electron chi connectivity index (χ2n) is 5.97. The van der Waals surface area contributed by atoms with Crippen molar-refractivity contribution in [2.45, 2.75) is 60.5 Å². The molecule has 1 aromatic rings. The van der Waals surface area contributed by atoms with Crippen LogP contribution in [0, 0.1) is 11.8 Å². The highest BCUT2D eigenvalue weighted by molar-refractivity contribution is 5.18. The molecule has 0 amide bonds. The van der Waals surface area contributed by atoms with Gasteiger partial charge >= 0.3 is 0 Å². The van der Waals surface area contributed by atoms with Gasteiger partial charge in [-0.15, -0.1) is 0 Å². The maximum absolute atomic E-state index is 4.55. The first kappa shape index (κ1) is 15.2. The summed E-state index contributed by atoms with van der Waals surface area (Å²) in [4.78, 5) is 0. The van der Waals surface area contributed by atoms with Gasteiger partial charge in [-0.2, -0.15) is 5.10 Å². The second-order valence-corrected chi connectivity index (χ2v) is 5.97. The van der Waals surface area contributed by atoms with Crippen LogP contribution in [0.3, 0.4) is 0 Å². The standard InChI is InChI=1S/C15H29N3/c1-6-7-15-14(9-16-8-12(2)3)10-17-18(15)11-13(4)5/h10,12-13,16H,6-9,11H2,1-5H3.